The van der Waals surface area contributed by atoms with Gasteiger partial charge in [0.1, 0.15) is 10.1 Å². The Morgan fingerprint density at radius 3 is 1.72 bits per heavy atom. The van der Waals surface area contributed by atoms with Crippen LogP contribution in [0.2, 0.25) is 0 Å². The van der Waals surface area contributed by atoms with Crippen molar-refractivity contribution >= 4 is 53.2 Å². The molecule has 3 nitrogen and oxygen atoms in total. The van der Waals surface area contributed by atoms with Gasteiger partial charge in [0, 0.05) is 5.39 Å². The summed E-state index contributed by atoms with van der Waals surface area (Å²) in [5.74, 6) is 0. The largest absolute Gasteiger partial charge is 1.00 e. The number of hydrogen-bond acceptors (Lipinski definition) is 3. The number of fused-ring (bicyclic) bond motifs is 2. The van der Waals surface area contributed by atoms with Crippen molar-refractivity contribution in [3.8, 4) is 0 Å². The van der Waals surface area contributed by atoms with Crippen LogP contribution in [0.1, 0.15) is 0 Å². The van der Waals surface area contributed by atoms with E-state index in [2.05, 4.69) is 0 Å². The molecule has 116 valence electrons. The fourth-order valence-corrected chi connectivity index (χ4v) is 4.53. The molecular formula is C20H11NaO3S. The summed E-state index contributed by atoms with van der Waals surface area (Å²) in [6, 6.07) is 20.9. The molecule has 0 unspecified atom stereocenters. The SMILES string of the molecule is O=S(=O)([O-])c1ccc2cccc3c4cccc5cccc(c1c23)c54.[Na+]. The number of hydrogen-bond donors (Lipinski definition) is 0. The van der Waals surface area contributed by atoms with Crippen molar-refractivity contribution in [3.63, 3.8) is 0 Å². The molecule has 0 aromatic heterocycles. The summed E-state index contributed by atoms with van der Waals surface area (Å²) in [7, 11) is -4.57. The van der Waals surface area contributed by atoms with Gasteiger partial charge in [0.05, 0.1) is 4.90 Å². The molecule has 0 atom stereocenters. The van der Waals surface area contributed by atoms with Crippen LogP contribution in [0.3, 0.4) is 0 Å². The first kappa shape index (κ1) is 16.8. The molecule has 0 aliphatic rings. The summed E-state index contributed by atoms with van der Waals surface area (Å²) in [6.07, 6.45) is 0. The van der Waals surface area contributed by atoms with Crippen molar-refractivity contribution < 1.29 is 42.5 Å². The van der Waals surface area contributed by atoms with E-state index in [4.69, 9.17) is 0 Å². The van der Waals surface area contributed by atoms with Gasteiger partial charge in [-0.05, 0) is 43.8 Å². The summed E-state index contributed by atoms with van der Waals surface area (Å²) >= 11 is 0. The van der Waals surface area contributed by atoms with Crippen LogP contribution in [-0.4, -0.2) is 13.0 Å². The van der Waals surface area contributed by atoms with Crippen LogP contribution in [0.15, 0.2) is 71.6 Å². The van der Waals surface area contributed by atoms with Gasteiger partial charge in [-0.2, -0.15) is 0 Å². The summed E-state index contributed by atoms with van der Waals surface area (Å²) in [6.45, 7) is 0. The first-order chi connectivity index (χ1) is 11.6. The third-order valence-corrected chi connectivity index (χ3v) is 5.62. The first-order valence-electron chi connectivity index (χ1n) is 7.60. The van der Waals surface area contributed by atoms with Gasteiger partial charge in [0.2, 0.25) is 0 Å². The van der Waals surface area contributed by atoms with Crippen LogP contribution in [0.5, 0.6) is 0 Å². The van der Waals surface area contributed by atoms with Gasteiger partial charge in [-0.3, -0.25) is 0 Å². The minimum atomic E-state index is -4.57. The molecule has 0 radical (unpaired) electrons. The van der Waals surface area contributed by atoms with Gasteiger partial charge in [-0.1, -0.05) is 60.7 Å². The van der Waals surface area contributed by atoms with Crippen LogP contribution in [0.25, 0.3) is 43.1 Å². The predicted molar refractivity (Wildman–Crippen MR) is 95.6 cm³/mol. The van der Waals surface area contributed by atoms with Gasteiger partial charge in [-0.15, -0.1) is 0 Å². The molecule has 5 rings (SSSR count). The monoisotopic (exact) mass is 354 g/mol. The van der Waals surface area contributed by atoms with E-state index in [0.717, 1.165) is 37.7 Å². The molecular weight excluding hydrogens is 343 g/mol. The minimum absolute atomic E-state index is 0. The summed E-state index contributed by atoms with van der Waals surface area (Å²) in [4.78, 5) is -0.149. The Kier molecular flexibility index (Phi) is 3.79. The second kappa shape index (κ2) is 5.66. The topological polar surface area (TPSA) is 57.2 Å². The molecule has 5 aromatic carbocycles. The zero-order valence-electron chi connectivity index (χ0n) is 13.5. The Hall–Kier alpha value is -1.69. The zero-order chi connectivity index (χ0) is 16.5. The maximum atomic E-state index is 11.9. The number of benzene rings is 5. The van der Waals surface area contributed by atoms with E-state index in [1.165, 1.54) is 6.07 Å². The first-order valence-corrected chi connectivity index (χ1v) is 9.01. The fraction of sp³-hybridized carbons (Fsp3) is 0. The second-order valence-electron chi connectivity index (χ2n) is 6.01. The van der Waals surface area contributed by atoms with Crippen molar-refractivity contribution in [1.29, 1.82) is 0 Å². The van der Waals surface area contributed by atoms with Crippen LogP contribution >= 0.6 is 0 Å². The Bertz CT molecular complexity index is 1370. The average molecular weight is 354 g/mol. The van der Waals surface area contributed by atoms with Crippen molar-refractivity contribution in [1.82, 2.24) is 0 Å². The fourth-order valence-electron chi connectivity index (χ4n) is 3.83. The van der Waals surface area contributed by atoms with E-state index in [1.54, 1.807) is 6.07 Å². The van der Waals surface area contributed by atoms with Crippen molar-refractivity contribution in [3.05, 3.63) is 66.7 Å². The minimum Gasteiger partial charge on any atom is -0.744 e. The van der Waals surface area contributed by atoms with E-state index < -0.39 is 10.1 Å². The van der Waals surface area contributed by atoms with Gasteiger partial charge in [-0.25, -0.2) is 8.42 Å². The van der Waals surface area contributed by atoms with Gasteiger partial charge in [0.25, 0.3) is 0 Å². The Morgan fingerprint density at radius 1 is 0.600 bits per heavy atom. The van der Waals surface area contributed by atoms with Gasteiger partial charge in [0.15, 0.2) is 0 Å². The zero-order valence-corrected chi connectivity index (χ0v) is 16.3. The molecule has 5 heteroatoms. The molecule has 0 amide bonds. The Balaban J connectivity index is 0.00000157. The maximum Gasteiger partial charge on any atom is 1.00 e. The molecule has 0 saturated carbocycles. The van der Waals surface area contributed by atoms with E-state index in [-0.39, 0.29) is 34.5 Å². The van der Waals surface area contributed by atoms with Gasteiger partial charge < -0.3 is 4.55 Å². The number of rotatable bonds is 1. The molecule has 0 aliphatic heterocycles. The summed E-state index contributed by atoms with van der Waals surface area (Å²) < 4.78 is 35.6. The molecule has 25 heavy (non-hydrogen) atoms. The second-order valence-corrected chi connectivity index (χ2v) is 7.35. The van der Waals surface area contributed by atoms with Crippen LogP contribution in [0.4, 0.5) is 0 Å². The molecule has 0 bridgehead atoms. The molecule has 0 heterocycles. The van der Waals surface area contributed by atoms with Crippen molar-refractivity contribution in [2.75, 3.05) is 0 Å². The standard InChI is InChI=1S/C20H12O3S.Na/c21-24(22,23)17-11-10-13-6-2-8-15-14-7-1-4-12-5-3-9-16(18(12)14)20(17)19(13)15;/h1-11H,(H,21,22,23);/q;+1/p-1. The Labute approximate surface area is 166 Å². The van der Waals surface area contributed by atoms with E-state index in [0.29, 0.717) is 5.39 Å². The Morgan fingerprint density at radius 2 is 1.12 bits per heavy atom. The van der Waals surface area contributed by atoms with E-state index in [1.807, 2.05) is 54.6 Å². The normalized spacial score (nSPS) is 12.2. The van der Waals surface area contributed by atoms with Crippen molar-refractivity contribution in [2.24, 2.45) is 0 Å². The van der Waals surface area contributed by atoms with Gasteiger partial charge >= 0.3 is 29.6 Å². The van der Waals surface area contributed by atoms with Crippen LogP contribution < -0.4 is 29.6 Å². The van der Waals surface area contributed by atoms with E-state index in [9.17, 15) is 13.0 Å². The molecule has 5 aromatic rings. The van der Waals surface area contributed by atoms with Crippen LogP contribution in [-0.2, 0) is 10.1 Å². The summed E-state index contributed by atoms with van der Waals surface area (Å²) in [5, 5.41) is 7.17. The van der Waals surface area contributed by atoms with Crippen molar-refractivity contribution in [2.45, 2.75) is 4.90 Å². The molecule has 0 aliphatic carbocycles. The molecule has 0 N–H and O–H groups in total. The summed E-state index contributed by atoms with van der Waals surface area (Å²) in [5.41, 5.74) is 0. The third-order valence-electron chi connectivity index (χ3n) is 4.74. The predicted octanol–water partition coefficient (Wildman–Crippen LogP) is 1.65. The maximum absolute atomic E-state index is 11.9. The average Bonchev–Trinajstić information content (AvgIpc) is 2.58. The quantitative estimate of drug-likeness (QED) is 0.199. The smallest absolute Gasteiger partial charge is 0.744 e. The van der Waals surface area contributed by atoms with Crippen LogP contribution in [0, 0.1) is 0 Å². The molecule has 0 saturated heterocycles. The van der Waals surface area contributed by atoms with E-state index >= 15 is 0 Å². The molecule has 0 spiro atoms. The third kappa shape index (κ3) is 2.30. The molecule has 0 fully saturated rings.